The fourth-order valence-corrected chi connectivity index (χ4v) is 3.02. The van der Waals surface area contributed by atoms with Crippen LogP contribution in [0.5, 0.6) is 0 Å². The number of nitrogens with one attached hydrogen (secondary N) is 1. The van der Waals surface area contributed by atoms with Gasteiger partial charge in [0.05, 0.1) is 11.9 Å². The number of rotatable bonds is 6. The number of nitrogens with zero attached hydrogens (tertiary/aromatic N) is 2. The Morgan fingerprint density at radius 3 is 2.67 bits per heavy atom. The van der Waals surface area contributed by atoms with E-state index in [4.69, 9.17) is 4.42 Å². The second-order valence-electron chi connectivity index (χ2n) is 7.16. The van der Waals surface area contributed by atoms with Crippen molar-refractivity contribution < 1.29 is 9.21 Å². The summed E-state index contributed by atoms with van der Waals surface area (Å²) in [6.45, 7) is 5.26. The highest BCUT2D eigenvalue weighted by atomic mass is 16.4. The fourth-order valence-electron chi connectivity index (χ4n) is 3.02. The monoisotopic (exact) mass is 367 g/mol. The predicted octanol–water partition coefficient (Wildman–Crippen LogP) is 2.95. The third kappa shape index (κ3) is 4.46. The van der Waals surface area contributed by atoms with E-state index < -0.39 is 0 Å². The molecule has 0 aliphatic carbocycles. The molecule has 1 aromatic heterocycles. The van der Waals surface area contributed by atoms with Crippen molar-refractivity contribution in [2.24, 2.45) is 0 Å². The van der Waals surface area contributed by atoms with Gasteiger partial charge in [0.2, 0.25) is 5.91 Å². The molecule has 0 saturated heterocycles. The van der Waals surface area contributed by atoms with Crippen molar-refractivity contribution in [3.8, 4) is 0 Å². The maximum Gasteiger partial charge on any atom is 0.419 e. The summed E-state index contributed by atoms with van der Waals surface area (Å²) >= 11 is 0. The topological polar surface area (TPSA) is 67.5 Å². The molecule has 0 aliphatic rings. The maximum absolute atomic E-state index is 12.5. The number of amides is 1. The zero-order valence-corrected chi connectivity index (χ0v) is 16.2. The average molecular weight is 367 g/mol. The number of fused-ring (bicyclic) bond motifs is 1. The Balaban J connectivity index is 1.80. The molecule has 0 aliphatic heterocycles. The average Bonchev–Trinajstić information content (AvgIpc) is 2.91. The van der Waals surface area contributed by atoms with E-state index >= 15 is 0 Å². The van der Waals surface area contributed by atoms with Crippen LogP contribution in [0.1, 0.15) is 16.7 Å². The van der Waals surface area contributed by atoms with E-state index in [9.17, 15) is 9.59 Å². The lowest BCUT2D eigenvalue weighted by atomic mass is 10.0. The van der Waals surface area contributed by atoms with Gasteiger partial charge in [0, 0.05) is 18.8 Å². The number of benzene rings is 2. The van der Waals surface area contributed by atoms with Crippen LogP contribution in [0, 0.1) is 13.8 Å². The van der Waals surface area contributed by atoms with Crippen LogP contribution in [0.3, 0.4) is 0 Å². The number of oxazole rings is 1. The van der Waals surface area contributed by atoms with Crippen molar-refractivity contribution in [3.05, 3.63) is 63.6 Å². The molecule has 0 atom stereocenters. The lowest BCUT2D eigenvalue weighted by Gasteiger charge is -2.10. The Kier molecular flexibility index (Phi) is 5.46. The van der Waals surface area contributed by atoms with E-state index in [0.29, 0.717) is 29.8 Å². The van der Waals surface area contributed by atoms with Gasteiger partial charge in [0.1, 0.15) is 0 Å². The Morgan fingerprint density at radius 2 is 1.93 bits per heavy atom. The zero-order valence-electron chi connectivity index (χ0n) is 16.2. The molecule has 1 N–H and O–H groups in total. The van der Waals surface area contributed by atoms with Crippen molar-refractivity contribution in [2.45, 2.75) is 26.8 Å². The summed E-state index contributed by atoms with van der Waals surface area (Å²) in [5.74, 6) is -0.473. The van der Waals surface area contributed by atoms with Crippen LogP contribution in [0.2, 0.25) is 0 Å². The van der Waals surface area contributed by atoms with Gasteiger partial charge in [-0.2, -0.15) is 0 Å². The maximum atomic E-state index is 12.5. The second-order valence-corrected chi connectivity index (χ2v) is 7.16. The van der Waals surface area contributed by atoms with Gasteiger partial charge < -0.3 is 14.6 Å². The minimum atomic E-state index is -0.384. The standard InChI is InChI=1S/C21H25N3O3/c1-14-5-6-15(2)16(11-14)12-20(25)22-17-7-8-19-18(13-17)24(21(26)27-19)10-9-23(3)4/h5-8,11,13H,9-10,12H2,1-4H3,(H,22,25). The lowest BCUT2D eigenvalue weighted by Crippen LogP contribution is -2.23. The molecule has 2 aromatic carbocycles. The number of carbonyl (C=O) groups excluding carboxylic acids is 1. The van der Waals surface area contributed by atoms with Gasteiger partial charge in [-0.05, 0) is 57.3 Å². The lowest BCUT2D eigenvalue weighted by molar-refractivity contribution is -0.115. The van der Waals surface area contributed by atoms with Crippen LogP contribution in [-0.2, 0) is 17.8 Å². The van der Waals surface area contributed by atoms with Crippen LogP contribution < -0.4 is 11.1 Å². The summed E-state index contributed by atoms with van der Waals surface area (Å²) in [6.07, 6.45) is 0.310. The van der Waals surface area contributed by atoms with Crippen molar-refractivity contribution in [2.75, 3.05) is 26.0 Å². The van der Waals surface area contributed by atoms with Gasteiger partial charge in [-0.25, -0.2) is 4.79 Å². The molecule has 3 rings (SSSR count). The molecule has 6 heteroatoms. The van der Waals surface area contributed by atoms with E-state index in [1.54, 1.807) is 22.8 Å². The first-order chi connectivity index (χ1) is 12.8. The first kappa shape index (κ1) is 18.9. The molecule has 0 radical (unpaired) electrons. The number of likely N-dealkylation sites (N-methyl/N-ethyl adjacent to an activating group) is 1. The number of hydrogen-bond acceptors (Lipinski definition) is 4. The van der Waals surface area contributed by atoms with Gasteiger partial charge in [-0.3, -0.25) is 9.36 Å². The van der Waals surface area contributed by atoms with E-state index in [1.165, 1.54) is 0 Å². The number of anilines is 1. The molecule has 0 bridgehead atoms. The molecule has 0 fully saturated rings. The predicted molar refractivity (Wildman–Crippen MR) is 107 cm³/mol. The first-order valence-electron chi connectivity index (χ1n) is 8.97. The molecule has 0 unspecified atom stereocenters. The highest BCUT2D eigenvalue weighted by Crippen LogP contribution is 2.19. The quantitative estimate of drug-likeness (QED) is 0.727. The Labute approximate surface area is 158 Å². The molecule has 1 heterocycles. The molecular formula is C21H25N3O3. The van der Waals surface area contributed by atoms with Crippen molar-refractivity contribution >= 4 is 22.7 Å². The van der Waals surface area contributed by atoms with E-state index in [-0.39, 0.29) is 11.7 Å². The summed E-state index contributed by atoms with van der Waals surface area (Å²) in [5, 5.41) is 2.92. The van der Waals surface area contributed by atoms with Crippen LogP contribution in [-0.4, -0.2) is 36.0 Å². The molecule has 3 aromatic rings. The third-order valence-corrected chi connectivity index (χ3v) is 4.58. The normalized spacial score (nSPS) is 11.3. The number of hydrogen-bond donors (Lipinski definition) is 1. The third-order valence-electron chi connectivity index (χ3n) is 4.58. The van der Waals surface area contributed by atoms with Crippen molar-refractivity contribution in [3.63, 3.8) is 0 Å². The van der Waals surface area contributed by atoms with Crippen LogP contribution in [0.4, 0.5) is 5.69 Å². The van der Waals surface area contributed by atoms with Gasteiger partial charge >= 0.3 is 5.76 Å². The smallest absolute Gasteiger partial charge is 0.408 e. The van der Waals surface area contributed by atoms with Crippen LogP contribution >= 0.6 is 0 Å². The minimum Gasteiger partial charge on any atom is -0.408 e. The van der Waals surface area contributed by atoms with Crippen LogP contribution in [0.25, 0.3) is 11.1 Å². The fraction of sp³-hybridized carbons (Fsp3) is 0.333. The molecule has 0 saturated carbocycles. The first-order valence-corrected chi connectivity index (χ1v) is 8.97. The van der Waals surface area contributed by atoms with Crippen molar-refractivity contribution in [1.29, 1.82) is 0 Å². The van der Waals surface area contributed by atoms with E-state index in [1.807, 2.05) is 51.0 Å². The SMILES string of the molecule is Cc1ccc(C)c(CC(=O)Nc2ccc3oc(=O)n(CCN(C)C)c3c2)c1. The van der Waals surface area contributed by atoms with Crippen molar-refractivity contribution in [1.82, 2.24) is 9.47 Å². The van der Waals surface area contributed by atoms with Gasteiger partial charge in [0.15, 0.2) is 5.58 Å². The molecule has 0 spiro atoms. The summed E-state index contributed by atoms with van der Waals surface area (Å²) in [6, 6.07) is 11.4. The Bertz CT molecular complexity index is 1030. The highest BCUT2D eigenvalue weighted by molar-refractivity contribution is 5.94. The Morgan fingerprint density at radius 1 is 1.15 bits per heavy atom. The van der Waals surface area contributed by atoms with E-state index in [0.717, 1.165) is 23.2 Å². The summed E-state index contributed by atoms with van der Waals surface area (Å²) in [7, 11) is 3.90. The Hall–Kier alpha value is -2.86. The summed E-state index contributed by atoms with van der Waals surface area (Å²) < 4.78 is 6.88. The molecule has 142 valence electrons. The summed E-state index contributed by atoms with van der Waals surface area (Å²) in [5.41, 5.74) is 5.10. The van der Waals surface area contributed by atoms with Gasteiger partial charge in [-0.15, -0.1) is 0 Å². The molecule has 27 heavy (non-hydrogen) atoms. The number of aryl methyl sites for hydroxylation is 2. The minimum absolute atomic E-state index is 0.0891. The molecule has 6 nitrogen and oxygen atoms in total. The highest BCUT2D eigenvalue weighted by Gasteiger charge is 2.12. The van der Waals surface area contributed by atoms with Crippen LogP contribution in [0.15, 0.2) is 45.6 Å². The summed E-state index contributed by atoms with van der Waals surface area (Å²) in [4.78, 5) is 26.6. The van der Waals surface area contributed by atoms with Gasteiger partial charge in [-0.1, -0.05) is 23.8 Å². The number of aromatic nitrogens is 1. The second kappa shape index (κ2) is 7.80. The molecular weight excluding hydrogens is 342 g/mol. The van der Waals surface area contributed by atoms with Gasteiger partial charge in [0.25, 0.3) is 0 Å². The number of carbonyl (C=O) groups is 1. The molecule has 1 amide bonds. The van der Waals surface area contributed by atoms with E-state index in [2.05, 4.69) is 5.32 Å². The largest absolute Gasteiger partial charge is 0.419 e. The zero-order chi connectivity index (χ0) is 19.6.